The quantitative estimate of drug-likeness (QED) is 0.253. The van der Waals surface area contributed by atoms with Crippen LogP contribution in [0.4, 0.5) is 17.3 Å². The normalized spacial score (nSPS) is 10.6. The van der Waals surface area contributed by atoms with Gasteiger partial charge in [0.1, 0.15) is 12.1 Å². The van der Waals surface area contributed by atoms with Crippen LogP contribution in [0.15, 0.2) is 46.7 Å². The Hall–Kier alpha value is -3.47. The first-order chi connectivity index (χ1) is 15.1. The molecular weight excluding hydrogens is 422 g/mol. The van der Waals surface area contributed by atoms with Crippen LogP contribution in [0.5, 0.6) is 0 Å². The standard InChI is InChI=1S/C20H23N5O5S/c1-2-29-17(26)8-10-24(13-15-5-3-11-30-15)20-18(25(27)28)19(22-14-23-20)21-9-7-16-6-4-12-31-16/h3-6,11-12,14H,2,7-10,13H2,1H3,(H,21,22,23). The molecule has 11 heteroatoms. The lowest BCUT2D eigenvalue weighted by molar-refractivity contribution is -0.383. The Morgan fingerprint density at radius 2 is 2.23 bits per heavy atom. The van der Waals surface area contributed by atoms with Crippen molar-refractivity contribution >= 4 is 34.6 Å². The fraction of sp³-hybridized carbons (Fsp3) is 0.350. The molecule has 3 aromatic rings. The van der Waals surface area contributed by atoms with Crippen molar-refractivity contribution in [2.24, 2.45) is 0 Å². The van der Waals surface area contributed by atoms with Gasteiger partial charge in [-0.15, -0.1) is 11.3 Å². The number of hydrogen-bond donors (Lipinski definition) is 1. The molecule has 0 amide bonds. The van der Waals surface area contributed by atoms with Crippen molar-refractivity contribution in [3.8, 4) is 0 Å². The number of anilines is 2. The monoisotopic (exact) mass is 445 g/mol. The van der Waals surface area contributed by atoms with Crippen molar-refractivity contribution in [2.75, 3.05) is 29.9 Å². The van der Waals surface area contributed by atoms with E-state index in [0.29, 0.717) is 18.7 Å². The maximum Gasteiger partial charge on any atom is 0.353 e. The fourth-order valence-electron chi connectivity index (χ4n) is 2.97. The van der Waals surface area contributed by atoms with E-state index in [1.165, 1.54) is 17.5 Å². The van der Waals surface area contributed by atoms with Crippen molar-refractivity contribution in [1.82, 2.24) is 9.97 Å². The molecule has 0 bridgehead atoms. The SMILES string of the molecule is CCOC(=O)CCN(Cc1ccco1)c1ncnc(NCCc2cccs2)c1[N+](=O)[O-]. The number of aromatic nitrogens is 2. The lowest BCUT2D eigenvalue weighted by Crippen LogP contribution is -2.28. The van der Waals surface area contributed by atoms with Gasteiger partial charge in [0.05, 0.1) is 30.8 Å². The minimum absolute atomic E-state index is 0.0524. The number of hydrogen-bond acceptors (Lipinski definition) is 10. The fourth-order valence-corrected chi connectivity index (χ4v) is 3.68. The van der Waals surface area contributed by atoms with Crippen LogP contribution in [0.1, 0.15) is 24.0 Å². The highest BCUT2D eigenvalue weighted by molar-refractivity contribution is 7.09. The van der Waals surface area contributed by atoms with Gasteiger partial charge in [0.2, 0.25) is 11.6 Å². The zero-order chi connectivity index (χ0) is 22.1. The highest BCUT2D eigenvalue weighted by atomic mass is 32.1. The number of ether oxygens (including phenoxy) is 1. The number of nitro groups is 1. The summed E-state index contributed by atoms with van der Waals surface area (Å²) < 4.78 is 10.4. The third-order valence-electron chi connectivity index (χ3n) is 4.35. The van der Waals surface area contributed by atoms with Crippen LogP contribution in [0.25, 0.3) is 0 Å². The molecule has 0 aliphatic carbocycles. The average Bonchev–Trinajstić information content (AvgIpc) is 3.45. The molecule has 0 fully saturated rings. The smallest absolute Gasteiger partial charge is 0.353 e. The van der Waals surface area contributed by atoms with Gasteiger partial charge >= 0.3 is 11.7 Å². The second-order valence-corrected chi connectivity index (χ2v) is 7.50. The molecule has 0 aliphatic rings. The first-order valence-corrected chi connectivity index (χ1v) is 10.6. The summed E-state index contributed by atoms with van der Waals surface area (Å²) in [4.78, 5) is 34.3. The predicted molar refractivity (Wildman–Crippen MR) is 116 cm³/mol. The van der Waals surface area contributed by atoms with Gasteiger partial charge in [-0.1, -0.05) is 6.07 Å². The molecule has 164 valence electrons. The van der Waals surface area contributed by atoms with E-state index in [1.54, 1.807) is 35.3 Å². The molecule has 3 aromatic heterocycles. The number of furan rings is 1. The third-order valence-corrected chi connectivity index (χ3v) is 5.28. The zero-order valence-electron chi connectivity index (χ0n) is 17.0. The van der Waals surface area contributed by atoms with Crippen molar-refractivity contribution in [3.05, 3.63) is 63.0 Å². The highest BCUT2D eigenvalue weighted by Crippen LogP contribution is 2.33. The van der Waals surface area contributed by atoms with Crippen molar-refractivity contribution in [3.63, 3.8) is 0 Å². The lowest BCUT2D eigenvalue weighted by atomic mass is 10.3. The molecule has 1 N–H and O–H groups in total. The summed E-state index contributed by atoms with van der Waals surface area (Å²) in [5, 5.41) is 17.0. The van der Waals surface area contributed by atoms with E-state index >= 15 is 0 Å². The second-order valence-electron chi connectivity index (χ2n) is 6.46. The predicted octanol–water partition coefficient (Wildman–Crippen LogP) is 3.65. The maximum atomic E-state index is 11.9. The Bertz CT molecular complexity index is 978. The van der Waals surface area contributed by atoms with E-state index < -0.39 is 10.9 Å². The minimum Gasteiger partial charge on any atom is -0.467 e. The Balaban J connectivity index is 1.83. The summed E-state index contributed by atoms with van der Waals surface area (Å²) in [6.45, 7) is 2.86. The van der Waals surface area contributed by atoms with Crippen LogP contribution >= 0.6 is 11.3 Å². The van der Waals surface area contributed by atoms with E-state index in [9.17, 15) is 14.9 Å². The van der Waals surface area contributed by atoms with Crippen molar-refractivity contribution in [1.29, 1.82) is 0 Å². The number of carbonyl (C=O) groups is 1. The molecule has 0 saturated carbocycles. The molecule has 0 unspecified atom stereocenters. The molecule has 0 saturated heterocycles. The number of nitrogens with zero attached hydrogens (tertiary/aromatic N) is 4. The number of carbonyl (C=O) groups excluding carboxylic acids is 1. The van der Waals surface area contributed by atoms with E-state index in [1.807, 2.05) is 17.5 Å². The van der Waals surface area contributed by atoms with Crippen LogP contribution < -0.4 is 10.2 Å². The zero-order valence-corrected chi connectivity index (χ0v) is 17.8. The first kappa shape index (κ1) is 22.2. The van der Waals surface area contributed by atoms with E-state index in [4.69, 9.17) is 9.15 Å². The summed E-state index contributed by atoms with van der Waals surface area (Å²) in [7, 11) is 0. The number of nitrogens with one attached hydrogen (secondary N) is 1. The molecule has 0 radical (unpaired) electrons. The maximum absolute atomic E-state index is 11.9. The molecule has 10 nitrogen and oxygen atoms in total. The van der Waals surface area contributed by atoms with Crippen LogP contribution in [-0.2, 0) is 22.5 Å². The largest absolute Gasteiger partial charge is 0.467 e. The molecule has 0 aromatic carbocycles. The summed E-state index contributed by atoms with van der Waals surface area (Å²) >= 11 is 1.62. The van der Waals surface area contributed by atoms with Gasteiger partial charge in [-0.05, 0) is 36.9 Å². The summed E-state index contributed by atoms with van der Waals surface area (Å²) in [5.41, 5.74) is -0.246. The number of rotatable bonds is 12. The Labute approximate surface area is 183 Å². The number of esters is 1. The number of thiophene rings is 1. The Morgan fingerprint density at radius 1 is 1.35 bits per heavy atom. The Morgan fingerprint density at radius 3 is 2.90 bits per heavy atom. The first-order valence-electron chi connectivity index (χ1n) is 9.77. The van der Waals surface area contributed by atoms with Gasteiger partial charge in [-0.2, -0.15) is 0 Å². The minimum atomic E-state index is -0.512. The summed E-state index contributed by atoms with van der Waals surface area (Å²) in [5.74, 6) is 0.438. The Kier molecular flexibility index (Phi) is 7.93. The molecule has 31 heavy (non-hydrogen) atoms. The van der Waals surface area contributed by atoms with Gasteiger partial charge < -0.3 is 19.4 Å². The van der Waals surface area contributed by atoms with E-state index in [0.717, 1.165) is 0 Å². The average molecular weight is 446 g/mol. The van der Waals surface area contributed by atoms with Crippen molar-refractivity contribution < 1.29 is 18.9 Å². The molecule has 0 aliphatic heterocycles. The van der Waals surface area contributed by atoms with E-state index in [-0.39, 0.29) is 43.4 Å². The van der Waals surface area contributed by atoms with Gasteiger partial charge in [0.25, 0.3) is 0 Å². The molecular formula is C20H23N5O5S. The molecule has 3 rings (SSSR count). The van der Waals surface area contributed by atoms with Crippen LogP contribution in [0.2, 0.25) is 0 Å². The van der Waals surface area contributed by atoms with Crippen LogP contribution in [0, 0.1) is 10.1 Å². The topological polar surface area (TPSA) is 124 Å². The molecule has 0 atom stereocenters. The second kappa shape index (κ2) is 11.1. The summed E-state index contributed by atoms with van der Waals surface area (Å²) in [6.07, 6.45) is 3.56. The molecule has 0 spiro atoms. The molecule has 3 heterocycles. The summed E-state index contributed by atoms with van der Waals surface area (Å²) in [6, 6.07) is 7.45. The lowest BCUT2D eigenvalue weighted by Gasteiger charge is -2.22. The van der Waals surface area contributed by atoms with Crippen molar-refractivity contribution in [2.45, 2.75) is 26.3 Å². The van der Waals surface area contributed by atoms with Gasteiger partial charge in [-0.25, -0.2) is 9.97 Å². The van der Waals surface area contributed by atoms with Gasteiger partial charge in [0.15, 0.2) is 0 Å². The van der Waals surface area contributed by atoms with Gasteiger partial charge in [-0.3, -0.25) is 14.9 Å². The van der Waals surface area contributed by atoms with Crippen LogP contribution in [0.3, 0.4) is 0 Å². The van der Waals surface area contributed by atoms with Crippen LogP contribution in [-0.4, -0.2) is 40.6 Å². The third kappa shape index (κ3) is 6.25. The van der Waals surface area contributed by atoms with Gasteiger partial charge in [0, 0.05) is 18.0 Å². The highest BCUT2D eigenvalue weighted by Gasteiger charge is 2.28. The van der Waals surface area contributed by atoms with E-state index in [2.05, 4.69) is 15.3 Å².